The van der Waals surface area contributed by atoms with Gasteiger partial charge in [0.2, 0.25) is 5.95 Å². The molecule has 2 heterocycles. The summed E-state index contributed by atoms with van der Waals surface area (Å²) in [7, 11) is 0. The molecule has 92 valence electrons. The minimum atomic E-state index is -0.115. The van der Waals surface area contributed by atoms with Gasteiger partial charge in [-0.25, -0.2) is 9.97 Å². The number of hydrogen-bond acceptors (Lipinski definition) is 4. The highest BCUT2D eigenvalue weighted by atomic mass is 79.9. The van der Waals surface area contributed by atoms with Crippen molar-refractivity contribution in [2.24, 2.45) is 11.8 Å². The van der Waals surface area contributed by atoms with Crippen LogP contribution in [-0.2, 0) is 0 Å². The second-order valence-corrected chi connectivity index (χ2v) is 5.96. The average molecular weight is 298 g/mol. The number of aliphatic hydroxyl groups is 1. The van der Waals surface area contributed by atoms with Crippen molar-refractivity contribution in [3.05, 3.63) is 16.9 Å². The first-order valence-corrected chi connectivity index (χ1v) is 6.94. The maximum absolute atomic E-state index is 10.1. The molecule has 1 aromatic heterocycles. The highest BCUT2D eigenvalue weighted by Crippen LogP contribution is 2.35. The Morgan fingerprint density at radius 3 is 2.35 bits per heavy atom. The van der Waals surface area contributed by atoms with Crippen molar-refractivity contribution in [3.63, 3.8) is 0 Å². The predicted molar refractivity (Wildman–Crippen MR) is 68.8 cm³/mol. The fraction of sp³-hybridized carbons (Fsp3) is 0.667. The Hall–Kier alpha value is -0.680. The zero-order valence-corrected chi connectivity index (χ0v) is 11.2. The Labute approximate surface area is 109 Å². The number of rotatable bonds is 1. The normalized spacial score (nSPS) is 32.6. The van der Waals surface area contributed by atoms with E-state index < -0.39 is 0 Å². The maximum Gasteiger partial charge on any atom is 0.225 e. The van der Waals surface area contributed by atoms with Crippen LogP contribution in [0.3, 0.4) is 0 Å². The Bertz CT molecular complexity index is 383. The third kappa shape index (κ3) is 2.18. The number of fused-ring (bicyclic) bond motifs is 2. The van der Waals surface area contributed by atoms with Crippen molar-refractivity contribution in [2.75, 3.05) is 18.0 Å². The van der Waals surface area contributed by atoms with Crippen LogP contribution in [0.4, 0.5) is 5.95 Å². The van der Waals surface area contributed by atoms with Gasteiger partial charge in [0, 0.05) is 37.3 Å². The van der Waals surface area contributed by atoms with E-state index in [1.165, 1.54) is 6.42 Å². The van der Waals surface area contributed by atoms with Crippen LogP contribution in [0.2, 0.25) is 0 Å². The molecule has 2 bridgehead atoms. The Balaban J connectivity index is 1.79. The summed E-state index contributed by atoms with van der Waals surface area (Å²) in [6, 6.07) is 0. The van der Waals surface area contributed by atoms with Gasteiger partial charge in [-0.3, -0.25) is 0 Å². The van der Waals surface area contributed by atoms with Gasteiger partial charge < -0.3 is 10.0 Å². The minimum absolute atomic E-state index is 0.115. The van der Waals surface area contributed by atoms with Crippen LogP contribution in [0.15, 0.2) is 16.9 Å². The zero-order chi connectivity index (χ0) is 11.8. The first-order valence-electron chi connectivity index (χ1n) is 6.14. The van der Waals surface area contributed by atoms with Crippen LogP contribution in [0.25, 0.3) is 0 Å². The van der Waals surface area contributed by atoms with Gasteiger partial charge in [-0.1, -0.05) is 6.42 Å². The Kier molecular flexibility index (Phi) is 3.04. The second-order valence-electron chi connectivity index (χ2n) is 5.05. The topological polar surface area (TPSA) is 49.2 Å². The number of nitrogens with zero attached hydrogens (tertiary/aromatic N) is 3. The molecular formula is C12H16BrN3O. The fourth-order valence-electron chi connectivity index (χ4n) is 3.04. The lowest BCUT2D eigenvalue weighted by atomic mass is 9.75. The van der Waals surface area contributed by atoms with Gasteiger partial charge in [-0.05, 0) is 28.8 Å². The molecule has 2 fully saturated rings. The summed E-state index contributed by atoms with van der Waals surface area (Å²) in [4.78, 5) is 10.9. The predicted octanol–water partition coefficient (Wildman–Crippen LogP) is 1.84. The van der Waals surface area contributed by atoms with Gasteiger partial charge in [0.05, 0.1) is 10.6 Å². The lowest BCUT2D eigenvalue weighted by Crippen LogP contribution is -2.52. The summed E-state index contributed by atoms with van der Waals surface area (Å²) in [5, 5.41) is 10.1. The average Bonchev–Trinajstić information content (AvgIpc) is 2.30. The molecular weight excluding hydrogens is 282 g/mol. The number of hydrogen-bond donors (Lipinski definition) is 1. The monoisotopic (exact) mass is 297 g/mol. The van der Waals surface area contributed by atoms with Crippen LogP contribution in [0.1, 0.15) is 19.3 Å². The molecule has 1 saturated carbocycles. The molecule has 2 aliphatic rings. The van der Waals surface area contributed by atoms with Crippen LogP contribution in [-0.4, -0.2) is 34.3 Å². The van der Waals surface area contributed by atoms with Gasteiger partial charge in [-0.15, -0.1) is 0 Å². The molecule has 1 aliphatic carbocycles. The number of aliphatic hydroxyl groups excluding tert-OH is 1. The quantitative estimate of drug-likeness (QED) is 0.859. The molecule has 4 nitrogen and oxygen atoms in total. The van der Waals surface area contributed by atoms with E-state index >= 15 is 0 Å². The van der Waals surface area contributed by atoms with E-state index in [0.717, 1.165) is 36.4 Å². The van der Waals surface area contributed by atoms with Crippen molar-refractivity contribution in [1.82, 2.24) is 9.97 Å². The zero-order valence-electron chi connectivity index (χ0n) is 9.59. The number of piperidine rings is 1. The van der Waals surface area contributed by atoms with E-state index in [-0.39, 0.29) is 6.10 Å². The fourth-order valence-corrected chi connectivity index (χ4v) is 3.24. The summed E-state index contributed by atoms with van der Waals surface area (Å²) in [6.45, 7) is 1.78. The molecule has 2 unspecified atom stereocenters. The third-order valence-corrected chi connectivity index (χ3v) is 4.32. The Morgan fingerprint density at radius 1 is 1.18 bits per heavy atom. The first-order chi connectivity index (χ1) is 8.24. The van der Waals surface area contributed by atoms with Crippen LogP contribution >= 0.6 is 15.9 Å². The highest BCUT2D eigenvalue weighted by Gasteiger charge is 2.38. The lowest BCUT2D eigenvalue weighted by Gasteiger charge is -2.44. The summed E-state index contributed by atoms with van der Waals surface area (Å²) in [5.41, 5.74) is 0. The van der Waals surface area contributed by atoms with E-state index in [9.17, 15) is 5.11 Å². The second kappa shape index (κ2) is 4.53. The Morgan fingerprint density at radius 2 is 1.76 bits per heavy atom. The van der Waals surface area contributed by atoms with Crippen LogP contribution in [0.5, 0.6) is 0 Å². The molecule has 3 rings (SSSR count). The molecule has 0 aromatic carbocycles. The molecule has 0 amide bonds. The van der Waals surface area contributed by atoms with Crippen LogP contribution in [0, 0.1) is 11.8 Å². The standard InChI is InChI=1S/C12H16BrN3O/c13-10-4-14-12(15-5-10)16-6-8-2-1-3-9(7-16)11(8)17/h4-5,8-9,11,17H,1-3,6-7H2. The van der Waals surface area contributed by atoms with E-state index in [2.05, 4.69) is 30.8 Å². The van der Waals surface area contributed by atoms with E-state index in [1.54, 1.807) is 12.4 Å². The van der Waals surface area contributed by atoms with Crippen molar-refractivity contribution in [1.29, 1.82) is 0 Å². The minimum Gasteiger partial charge on any atom is -0.392 e. The molecule has 0 radical (unpaired) electrons. The van der Waals surface area contributed by atoms with Gasteiger partial charge >= 0.3 is 0 Å². The highest BCUT2D eigenvalue weighted by molar-refractivity contribution is 9.10. The summed E-state index contributed by atoms with van der Waals surface area (Å²) >= 11 is 3.34. The molecule has 17 heavy (non-hydrogen) atoms. The molecule has 1 aliphatic heterocycles. The molecule has 1 aromatic rings. The largest absolute Gasteiger partial charge is 0.392 e. The summed E-state index contributed by atoms with van der Waals surface area (Å²) < 4.78 is 0.901. The van der Waals surface area contributed by atoms with Gasteiger partial charge in [0.1, 0.15) is 0 Å². The van der Waals surface area contributed by atoms with Crippen molar-refractivity contribution in [2.45, 2.75) is 25.4 Å². The van der Waals surface area contributed by atoms with Gasteiger partial charge in [-0.2, -0.15) is 0 Å². The van der Waals surface area contributed by atoms with Gasteiger partial charge in [0.25, 0.3) is 0 Å². The molecule has 1 N–H and O–H groups in total. The van der Waals surface area contributed by atoms with Crippen molar-refractivity contribution in [3.8, 4) is 0 Å². The summed E-state index contributed by atoms with van der Waals surface area (Å²) in [5.74, 6) is 1.58. The SMILES string of the molecule is OC1C2CCCC1CN(c1ncc(Br)cn1)C2. The van der Waals surface area contributed by atoms with Crippen molar-refractivity contribution < 1.29 is 5.11 Å². The molecule has 0 spiro atoms. The maximum atomic E-state index is 10.1. The first kappa shape index (κ1) is 11.4. The molecule has 5 heteroatoms. The summed E-state index contributed by atoms with van der Waals surface area (Å²) in [6.07, 6.45) is 6.96. The molecule has 1 saturated heterocycles. The van der Waals surface area contributed by atoms with E-state index in [4.69, 9.17) is 0 Å². The lowest BCUT2D eigenvalue weighted by molar-refractivity contribution is 0.00559. The van der Waals surface area contributed by atoms with Crippen molar-refractivity contribution >= 4 is 21.9 Å². The number of halogens is 1. The number of aromatic nitrogens is 2. The van der Waals surface area contributed by atoms with Crippen LogP contribution < -0.4 is 4.90 Å². The molecule has 2 atom stereocenters. The third-order valence-electron chi connectivity index (χ3n) is 3.92. The number of anilines is 1. The smallest absolute Gasteiger partial charge is 0.225 e. The van der Waals surface area contributed by atoms with E-state index in [1.807, 2.05) is 0 Å². The van der Waals surface area contributed by atoms with Gasteiger partial charge in [0.15, 0.2) is 0 Å². The van der Waals surface area contributed by atoms with E-state index in [0.29, 0.717) is 11.8 Å².